The van der Waals surface area contributed by atoms with Gasteiger partial charge in [-0.25, -0.2) is 0 Å². The van der Waals surface area contributed by atoms with Crippen LogP contribution in [-0.4, -0.2) is 43.0 Å². The van der Waals surface area contributed by atoms with Gasteiger partial charge in [-0.05, 0) is 18.6 Å². The number of amides is 1. The predicted octanol–water partition coefficient (Wildman–Crippen LogP) is 2.59. The van der Waals surface area contributed by atoms with E-state index in [-0.39, 0.29) is 5.91 Å². The maximum Gasteiger partial charge on any atom is 0.238 e. The molecule has 1 atom stereocenters. The first kappa shape index (κ1) is 15.7. The van der Waals surface area contributed by atoms with E-state index in [0.29, 0.717) is 12.6 Å². The molecule has 23 heavy (non-hydrogen) atoms. The van der Waals surface area contributed by atoms with Crippen LogP contribution >= 0.6 is 0 Å². The smallest absolute Gasteiger partial charge is 0.238 e. The molecule has 2 aromatic rings. The zero-order chi connectivity index (χ0) is 16.1. The highest BCUT2D eigenvalue weighted by atomic mass is 16.2. The summed E-state index contributed by atoms with van der Waals surface area (Å²) < 4.78 is 0. The summed E-state index contributed by atoms with van der Waals surface area (Å²) in [5, 5.41) is 6.42. The molecule has 0 spiro atoms. The van der Waals surface area contributed by atoms with Crippen LogP contribution in [0.15, 0.2) is 54.6 Å². The minimum atomic E-state index is 0.0436. The Labute approximate surface area is 137 Å². The van der Waals surface area contributed by atoms with Gasteiger partial charge in [-0.15, -0.1) is 0 Å². The summed E-state index contributed by atoms with van der Waals surface area (Å²) in [5.41, 5.74) is 3.03. The topological polar surface area (TPSA) is 44.4 Å². The van der Waals surface area contributed by atoms with Gasteiger partial charge in [0.1, 0.15) is 0 Å². The number of carbonyl (C=O) groups excluding carboxylic acids is 1. The Morgan fingerprint density at radius 1 is 1.17 bits per heavy atom. The molecule has 2 N–H and O–H groups in total. The minimum Gasteiger partial charge on any atom is -0.324 e. The maximum absolute atomic E-state index is 12.4. The van der Waals surface area contributed by atoms with Crippen molar-refractivity contribution in [2.75, 3.05) is 31.5 Å². The number of nitrogens with one attached hydrogen (secondary N) is 2. The van der Waals surface area contributed by atoms with Crippen molar-refractivity contribution in [3.63, 3.8) is 0 Å². The molecule has 1 heterocycles. The second-order valence-electron chi connectivity index (χ2n) is 5.98. The molecule has 4 heteroatoms. The lowest BCUT2D eigenvalue weighted by atomic mass is 10.0. The molecule has 0 aromatic heterocycles. The summed E-state index contributed by atoms with van der Waals surface area (Å²) >= 11 is 0. The number of hydrogen-bond donors (Lipinski definition) is 2. The number of anilines is 1. The molecule has 0 unspecified atom stereocenters. The number of piperazine rings is 1. The average molecular weight is 309 g/mol. The van der Waals surface area contributed by atoms with E-state index in [9.17, 15) is 4.79 Å². The molecule has 1 fully saturated rings. The van der Waals surface area contributed by atoms with Gasteiger partial charge in [0.2, 0.25) is 5.91 Å². The van der Waals surface area contributed by atoms with Crippen LogP contribution in [0.25, 0.3) is 11.1 Å². The SMILES string of the molecule is C[C@H]1CNCCN1CC(=O)Nc1ccccc1-c1ccccc1. The van der Waals surface area contributed by atoms with Crippen molar-refractivity contribution in [3.05, 3.63) is 54.6 Å². The van der Waals surface area contributed by atoms with E-state index in [1.54, 1.807) is 0 Å². The summed E-state index contributed by atoms with van der Waals surface area (Å²) in [6.45, 7) is 5.38. The molecule has 0 bridgehead atoms. The van der Waals surface area contributed by atoms with Gasteiger partial charge in [-0.1, -0.05) is 48.5 Å². The summed E-state index contributed by atoms with van der Waals surface area (Å²) in [7, 11) is 0. The molecule has 1 aliphatic heterocycles. The molecular weight excluding hydrogens is 286 g/mol. The Balaban J connectivity index is 1.72. The van der Waals surface area contributed by atoms with Crippen molar-refractivity contribution in [1.29, 1.82) is 0 Å². The fraction of sp³-hybridized carbons (Fsp3) is 0.316. The zero-order valence-corrected chi connectivity index (χ0v) is 13.5. The van der Waals surface area contributed by atoms with Crippen molar-refractivity contribution in [2.24, 2.45) is 0 Å². The highest BCUT2D eigenvalue weighted by Gasteiger charge is 2.20. The summed E-state index contributed by atoms with van der Waals surface area (Å²) in [6.07, 6.45) is 0. The monoisotopic (exact) mass is 309 g/mol. The second-order valence-corrected chi connectivity index (χ2v) is 5.98. The van der Waals surface area contributed by atoms with E-state index < -0.39 is 0 Å². The number of hydrogen-bond acceptors (Lipinski definition) is 3. The molecular formula is C19H23N3O. The van der Waals surface area contributed by atoms with Crippen LogP contribution in [0.5, 0.6) is 0 Å². The molecule has 1 amide bonds. The van der Waals surface area contributed by atoms with E-state index in [0.717, 1.165) is 36.4 Å². The van der Waals surface area contributed by atoms with Crippen LogP contribution in [0, 0.1) is 0 Å². The minimum absolute atomic E-state index is 0.0436. The van der Waals surface area contributed by atoms with Crippen molar-refractivity contribution in [3.8, 4) is 11.1 Å². The van der Waals surface area contributed by atoms with E-state index >= 15 is 0 Å². The third-order valence-corrected chi connectivity index (χ3v) is 4.27. The summed E-state index contributed by atoms with van der Waals surface area (Å²) in [6, 6.07) is 18.5. The van der Waals surface area contributed by atoms with Gasteiger partial charge in [0.15, 0.2) is 0 Å². The molecule has 1 aliphatic rings. The van der Waals surface area contributed by atoms with Crippen LogP contribution < -0.4 is 10.6 Å². The highest BCUT2D eigenvalue weighted by molar-refractivity contribution is 5.96. The van der Waals surface area contributed by atoms with Crippen LogP contribution in [0.2, 0.25) is 0 Å². The third kappa shape index (κ3) is 3.97. The molecule has 0 aliphatic carbocycles. The number of nitrogens with zero attached hydrogens (tertiary/aromatic N) is 1. The number of carbonyl (C=O) groups is 1. The van der Waals surface area contributed by atoms with Crippen molar-refractivity contribution in [2.45, 2.75) is 13.0 Å². The first-order chi connectivity index (χ1) is 11.2. The van der Waals surface area contributed by atoms with Gasteiger partial charge in [0.05, 0.1) is 6.54 Å². The fourth-order valence-corrected chi connectivity index (χ4v) is 2.95. The Morgan fingerprint density at radius 3 is 2.70 bits per heavy atom. The normalized spacial score (nSPS) is 18.6. The van der Waals surface area contributed by atoms with Crippen molar-refractivity contribution in [1.82, 2.24) is 10.2 Å². The molecule has 0 radical (unpaired) electrons. The van der Waals surface area contributed by atoms with Gasteiger partial charge < -0.3 is 10.6 Å². The Bertz CT molecular complexity index is 657. The largest absolute Gasteiger partial charge is 0.324 e. The molecule has 2 aromatic carbocycles. The first-order valence-electron chi connectivity index (χ1n) is 8.13. The Kier molecular flexibility index (Phi) is 5.05. The van der Waals surface area contributed by atoms with Crippen LogP contribution in [0.4, 0.5) is 5.69 Å². The lowest BCUT2D eigenvalue weighted by Gasteiger charge is -2.33. The second kappa shape index (κ2) is 7.40. The van der Waals surface area contributed by atoms with Crippen LogP contribution in [-0.2, 0) is 4.79 Å². The molecule has 1 saturated heterocycles. The van der Waals surface area contributed by atoms with Gasteiger partial charge in [-0.3, -0.25) is 9.69 Å². The first-order valence-corrected chi connectivity index (χ1v) is 8.13. The quantitative estimate of drug-likeness (QED) is 0.912. The molecule has 3 rings (SSSR count). The standard InChI is InChI=1S/C19H23N3O/c1-15-13-20-11-12-22(15)14-19(23)21-18-10-6-5-9-17(18)16-7-3-2-4-8-16/h2-10,15,20H,11-14H2,1H3,(H,21,23)/t15-/m0/s1. The van der Waals surface area contributed by atoms with E-state index in [1.165, 1.54) is 0 Å². The van der Waals surface area contributed by atoms with Crippen molar-refractivity contribution >= 4 is 11.6 Å². The lowest BCUT2D eigenvalue weighted by Crippen LogP contribution is -2.52. The summed E-state index contributed by atoms with van der Waals surface area (Å²) in [4.78, 5) is 14.7. The number of benzene rings is 2. The van der Waals surface area contributed by atoms with Gasteiger partial charge in [0, 0.05) is 36.9 Å². The summed E-state index contributed by atoms with van der Waals surface area (Å²) in [5.74, 6) is 0.0436. The van der Waals surface area contributed by atoms with Crippen molar-refractivity contribution < 1.29 is 4.79 Å². The van der Waals surface area contributed by atoms with E-state index in [1.807, 2.05) is 42.5 Å². The van der Waals surface area contributed by atoms with Crippen LogP contribution in [0.1, 0.15) is 6.92 Å². The van der Waals surface area contributed by atoms with Gasteiger partial charge >= 0.3 is 0 Å². The van der Waals surface area contributed by atoms with E-state index in [2.05, 4.69) is 34.6 Å². The highest BCUT2D eigenvalue weighted by Crippen LogP contribution is 2.27. The molecule has 0 saturated carbocycles. The number of para-hydroxylation sites is 1. The van der Waals surface area contributed by atoms with Gasteiger partial charge in [-0.2, -0.15) is 0 Å². The Hall–Kier alpha value is -2.17. The maximum atomic E-state index is 12.4. The fourth-order valence-electron chi connectivity index (χ4n) is 2.95. The number of rotatable bonds is 4. The predicted molar refractivity (Wildman–Crippen MR) is 94.4 cm³/mol. The average Bonchev–Trinajstić information content (AvgIpc) is 2.58. The van der Waals surface area contributed by atoms with Gasteiger partial charge in [0.25, 0.3) is 0 Å². The van der Waals surface area contributed by atoms with E-state index in [4.69, 9.17) is 0 Å². The van der Waals surface area contributed by atoms with Crippen LogP contribution in [0.3, 0.4) is 0 Å². The Morgan fingerprint density at radius 2 is 1.91 bits per heavy atom. The lowest BCUT2D eigenvalue weighted by molar-refractivity contribution is -0.118. The third-order valence-electron chi connectivity index (χ3n) is 4.27. The molecule has 4 nitrogen and oxygen atoms in total. The zero-order valence-electron chi connectivity index (χ0n) is 13.5. The molecule has 120 valence electrons.